The average molecular weight is 324 g/mol. The van der Waals surface area contributed by atoms with Crippen LogP contribution in [0.2, 0.25) is 0 Å². The van der Waals surface area contributed by atoms with Crippen LogP contribution in [0.25, 0.3) is 10.9 Å². The minimum atomic E-state index is 0.359. The molecular formula is C20H24N2O2. The van der Waals surface area contributed by atoms with E-state index < -0.39 is 0 Å². The second kappa shape index (κ2) is 7.41. The molecule has 0 saturated carbocycles. The number of fused-ring (bicyclic) bond motifs is 1. The summed E-state index contributed by atoms with van der Waals surface area (Å²) < 4.78 is 10.7. The molecule has 2 aromatic carbocycles. The molecule has 0 aliphatic heterocycles. The number of methoxy groups -OCH3 is 2. The quantitative estimate of drug-likeness (QED) is 0.693. The molecule has 126 valence electrons. The topological polar surface area (TPSA) is 46.3 Å². The van der Waals surface area contributed by atoms with Gasteiger partial charge in [-0.05, 0) is 48.7 Å². The molecule has 24 heavy (non-hydrogen) atoms. The fraction of sp³-hybridized carbons (Fsp3) is 0.300. The summed E-state index contributed by atoms with van der Waals surface area (Å²) >= 11 is 0. The molecule has 4 nitrogen and oxygen atoms in total. The predicted octanol–water partition coefficient (Wildman–Crippen LogP) is 3.91. The molecule has 0 spiro atoms. The van der Waals surface area contributed by atoms with Gasteiger partial charge in [-0.3, -0.25) is 0 Å². The molecule has 4 heteroatoms. The van der Waals surface area contributed by atoms with Crippen LogP contribution in [0.3, 0.4) is 0 Å². The van der Waals surface area contributed by atoms with E-state index in [-0.39, 0.29) is 0 Å². The van der Waals surface area contributed by atoms with Crippen LogP contribution in [-0.4, -0.2) is 25.2 Å². The summed E-state index contributed by atoms with van der Waals surface area (Å²) in [6, 6.07) is 15.0. The lowest BCUT2D eigenvalue weighted by Gasteiger charge is -2.16. The van der Waals surface area contributed by atoms with Crippen molar-refractivity contribution in [2.24, 2.45) is 0 Å². The highest BCUT2D eigenvalue weighted by Crippen LogP contribution is 2.28. The maximum absolute atomic E-state index is 5.38. The maximum Gasteiger partial charge on any atom is 0.160 e. The van der Waals surface area contributed by atoms with E-state index in [1.54, 1.807) is 14.2 Å². The Kier molecular flexibility index (Phi) is 5.06. The second-order valence-electron chi connectivity index (χ2n) is 6.03. The number of benzene rings is 2. The first-order valence-corrected chi connectivity index (χ1v) is 8.20. The van der Waals surface area contributed by atoms with Crippen molar-refractivity contribution in [2.75, 3.05) is 14.2 Å². The third-order valence-electron chi connectivity index (χ3n) is 4.32. The van der Waals surface area contributed by atoms with Gasteiger partial charge in [0.1, 0.15) is 0 Å². The standard InChI is InChI=1S/C20H24N2O2/c1-14(11-15-7-8-19(23-2)20(12-15)24-3)22-13-16-5-4-6-18-17(16)9-10-21-18/h4-10,12,14,21-22H,11,13H2,1-3H3. The van der Waals surface area contributed by atoms with Crippen LogP contribution >= 0.6 is 0 Å². The molecule has 2 N–H and O–H groups in total. The lowest BCUT2D eigenvalue weighted by molar-refractivity contribution is 0.354. The largest absolute Gasteiger partial charge is 0.493 e. The van der Waals surface area contributed by atoms with Crippen molar-refractivity contribution in [1.82, 2.24) is 10.3 Å². The van der Waals surface area contributed by atoms with Gasteiger partial charge in [-0.25, -0.2) is 0 Å². The van der Waals surface area contributed by atoms with E-state index in [4.69, 9.17) is 9.47 Å². The third-order valence-corrected chi connectivity index (χ3v) is 4.32. The number of ether oxygens (including phenoxy) is 2. The van der Waals surface area contributed by atoms with E-state index in [1.165, 1.54) is 22.0 Å². The van der Waals surface area contributed by atoms with E-state index in [2.05, 4.69) is 47.6 Å². The summed E-state index contributed by atoms with van der Waals surface area (Å²) in [5, 5.41) is 4.89. The van der Waals surface area contributed by atoms with Crippen LogP contribution in [0, 0.1) is 0 Å². The monoisotopic (exact) mass is 324 g/mol. The Morgan fingerprint density at radius 2 is 1.88 bits per heavy atom. The van der Waals surface area contributed by atoms with Gasteiger partial charge < -0.3 is 19.8 Å². The zero-order chi connectivity index (χ0) is 16.9. The number of hydrogen-bond acceptors (Lipinski definition) is 3. The van der Waals surface area contributed by atoms with Crippen LogP contribution in [0.1, 0.15) is 18.1 Å². The molecule has 1 unspecified atom stereocenters. The molecule has 0 amide bonds. The van der Waals surface area contributed by atoms with Gasteiger partial charge in [-0.15, -0.1) is 0 Å². The summed E-state index contributed by atoms with van der Waals surface area (Å²) in [7, 11) is 3.32. The Morgan fingerprint density at radius 1 is 1.04 bits per heavy atom. The summed E-state index contributed by atoms with van der Waals surface area (Å²) in [6.07, 6.45) is 2.92. The number of aromatic nitrogens is 1. The van der Waals surface area contributed by atoms with Crippen molar-refractivity contribution in [2.45, 2.75) is 25.9 Å². The Morgan fingerprint density at radius 3 is 2.67 bits per heavy atom. The normalized spacial score (nSPS) is 12.3. The Hall–Kier alpha value is -2.46. The van der Waals surface area contributed by atoms with Crippen LogP contribution in [0.4, 0.5) is 0 Å². The summed E-state index contributed by atoms with van der Waals surface area (Å²) in [6.45, 7) is 3.05. The first kappa shape index (κ1) is 16.4. The van der Waals surface area contributed by atoms with Crippen molar-refractivity contribution >= 4 is 10.9 Å². The number of H-pyrrole nitrogens is 1. The zero-order valence-corrected chi connectivity index (χ0v) is 14.4. The summed E-state index contributed by atoms with van der Waals surface area (Å²) in [5.41, 5.74) is 3.72. The first-order valence-electron chi connectivity index (χ1n) is 8.20. The molecule has 0 radical (unpaired) electrons. The molecule has 0 saturated heterocycles. The minimum Gasteiger partial charge on any atom is -0.493 e. The molecule has 3 aromatic rings. The molecule has 0 aliphatic carbocycles. The first-order chi connectivity index (χ1) is 11.7. The van der Waals surface area contributed by atoms with Gasteiger partial charge in [0.05, 0.1) is 14.2 Å². The van der Waals surface area contributed by atoms with Gasteiger partial charge in [0.25, 0.3) is 0 Å². The Bertz CT molecular complexity index is 810. The Labute approximate surface area is 142 Å². The molecule has 3 rings (SSSR count). The molecule has 0 bridgehead atoms. The third kappa shape index (κ3) is 3.54. The number of nitrogens with one attached hydrogen (secondary N) is 2. The molecule has 1 atom stereocenters. The van der Waals surface area contributed by atoms with E-state index in [9.17, 15) is 0 Å². The van der Waals surface area contributed by atoms with E-state index in [0.717, 1.165) is 24.5 Å². The highest BCUT2D eigenvalue weighted by Gasteiger charge is 2.09. The van der Waals surface area contributed by atoms with Gasteiger partial charge in [0.15, 0.2) is 11.5 Å². The van der Waals surface area contributed by atoms with E-state index >= 15 is 0 Å². The SMILES string of the molecule is COc1ccc(CC(C)NCc2cccc3[nH]ccc23)cc1OC. The fourth-order valence-corrected chi connectivity index (χ4v) is 3.02. The van der Waals surface area contributed by atoms with Gasteiger partial charge in [-0.2, -0.15) is 0 Å². The highest BCUT2D eigenvalue weighted by molar-refractivity contribution is 5.82. The molecule has 0 aliphatic rings. The van der Waals surface area contributed by atoms with Crippen molar-refractivity contribution in [3.63, 3.8) is 0 Å². The molecule has 1 aromatic heterocycles. The molecule has 1 heterocycles. The van der Waals surface area contributed by atoms with E-state index in [0.29, 0.717) is 6.04 Å². The smallest absolute Gasteiger partial charge is 0.160 e. The number of aromatic amines is 1. The van der Waals surface area contributed by atoms with Crippen molar-refractivity contribution in [3.05, 3.63) is 59.8 Å². The lowest BCUT2D eigenvalue weighted by Crippen LogP contribution is -2.27. The van der Waals surface area contributed by atoms with Gasteiger partial charge in [0.2, 0.25) is 0 Å². The van der Waals surface area contributed by atoms with Crippen molar-refractivity contribution in [1.29, 1.82) is 0 Å². The van der Waals surface area contributed by atoms with Crippen LogP contribution in [0.5, 0.6) is 11.5 Å². The maximum atomic E-state index is 5.38. The lowest BCUT2D eigenvalue weighted by atomic mass is 10.1. The number of rotatable bonds is 7. The fourth-order valence-electron chi connectivity index (χ4n) is 3.02. The second-order valence-corrected chi connectivity index (χ2v) is 6.03. The van der Waals surface area contributed by atoms with Gasteiger partial charge in [-0.1, -0.05) is 18.2 Å². The predicted molar refractivity (Wildman–Crippen MR) is 97.9 cm³/mol. The summed E-state index contributed by atoms with van der Waals surface area (Å²) in [4.78, 5) is 3.26. The van der Waals surface area contributed by atoms with Crippen LogP contribution in [-0.2, 0) is 13.0 Å². The van der Waals surface area contributed by atoms with Gasteiger partial charge >= 0.3 is 0 Å². The molecular weight excluding hydrogens is 300 g/mol. The van der Waals surface area contributed by atoms with Crippen molar-refractivity contribution < 1.29 is 9.47 Å². The zero-order valence-electron chi connectivity index (χ0n) is 14.4. The van der Waals surface area contributed by atoms with Crippen LogP contribution in [0.15, 0.2) is 48.7 Å². The molecule has 0 fully saturated rings. The van der Waals surface area contributed by atoms with Gasteiger partial charge in [0, 0.05) is 29.7 Å². The van der Waals surface area contributed by atoms with Crippen LogP contribution < -0.4 is 14.8 Å². The van der Waals surface area contributed by atoms with Crippen molar-refractivity contribution in [3.8, 4) is 11.5 Å². The number of hydrogen-bond donors (Lipinski definition) is 2. The highest BCUT2D eigenvalue weighted by atomic mass is 16.5. The Balaban J connectivity index is 1.63. The minimum absolute atomic E-state index is 0.359. The summed E-state index contributed by atoms with van der Waals surface area (Å²) in [5.74, 6) is 1.54. The van der Waals surface area contributed by atoms with E-state index in [1.807, 2.05) is 18.3 Å². The average Bonchev–Trinajstić information content (AvgIpc) is 3.09.